The van der Waals surface area contributed by atoms with Gasteiger partial charge < -0.3 is 46.1 Å². The Hall–Kier alpha value is -5.14. The van der Waals surface area contributed by atoms with E-state index in [9.17, 15) is 14.4 Å². The van der Waals surface area contributed by atoms with Gasteiger partial charge in [-0.05, 0) is 142 Å². The fourth-order valence-corrected chi connectivity index (χ4v) is 21.4. The van der Waals surface area contributed by atoms with Crippen molar-refractivity contribution in [1.82, 2.24) is 0 Å². The molecule has 0 saturated heterocycles. The number of ether oxygens (including phenoxy) is 8. The van der Waals surface area contributed by atoms with E-state index < -0.39 is 49.1 Å². The van der Waals surface area contributed by atoms with E-state index in [4.69, 9.17) is 36.7 Å². The third kappa shape index (κ3) is 15.0. The zero-order valence-corrected chi connectivity index (χ0v) is 41.1. The van der Waals surface area contributed by atoms with Gasteiger partial charge in [0.25, 0.3) is 0 Å². The molecular formula is C46H62O13Si3. The van der Waals surface area contributed by atoms with Crippen molar-refractivity contribution in [2.24, 2.45) is 0 Å². The molecule has 4 rings (SSSR count). The predicted molar refractivity (Wildman–Crippen MR) is 245 cm³/mol. The summed E-state index contributed by atoms with van der Waals surface area (Å²) in [6.45, 7) is 17.4. The van der Waals surface area contributed by atoms with Crippen LogP contribution in [0.1, 0.15) is 48.9 Å². The Morgan fingerprint density at radius 2 is 0.968 bits per heavy atom. The van der Waals surface area contributed by atoms with Gasteiger partial charge in [0.05, 0.1) is 28.4 Å². The molecule has 0 amide bonds. The lowest BCUT2D eigenvalue weighted by atomic mass is 9.78. The van der Waals surface area contributed by atoms with Crippen LogP contribution in [0.15, 0.2) is 84.9 Å². The van der Waals surface area contributed by atoms with Crippen LogP contribution >= 0.6 is 0 Å². The minimum atomic E-state index is -2.43. The molecule has 16 heteroatoms. The first-order chi connectivity index (χ1) is 29.2. The molecular weight excluding hydrogens is 845 g/mol. The number of hydrogen-bond donors (Lipinski definition) is 0. The Kier molecular flexibility index (Phi) is 17.4. The maximum Gasteiger partial charge on any atom is 0.519 e. The molecule has 4 aromatic carbocycles. The number of rotatable bonds is 20. The number of carbonyl (C=O) groups is 3. The van der Waals surface area contributed by atoms with Crippen LogP contribution in [-0.2, 0) is 36.0 Å². The first-order valence-corrected chi connectivity index (χ1v) is 29.6. The lowest BCUT2D eigenvalue weighted by molar-refractivity contribution is 0.119. The van der Waals surface area contributed by atoms with Crippen LogP contribution in [0.3, 0.4) is 0 Å². The van der Waals surface area contributed by atoms with Crippen molar-refractivity contribution in [2.45, 2.75) is 96.3 Å². The zero-order valence-electron chi connectivity index (χ0n) is 38.1. The molecule has 4 aromatic rings. The Morgan fingerprint density at radius 1 is 0.500 bits per heavy atom. The largest absolute Gasteiger partial charge is 0.519 e. The van der Waals surface area contributed by atoms with Crippen LogP contribution in [-0.4, -0.2) is 72.1 Å². The first kappa shape index (κ1) is 49.5. The number of benzene rings is 4. The topological polar surface area (TPSA) is 144 Å². The maximum atomic E-state index is 12.8. The van der Waals surface area contributed by atoms with E-state index in [1.54, 1.807) is 56.7 Å². The molecule has 0 aromatic heterocycles. The quantitative estimate of drug-likeness (QED) is 0.0472. The fourth-order valence-electron chi connectivity index (χ4n) is 7.35. The molecule has 13 nitrogen and oxygen atoms in total. The third-order valence-electron chi connectivity index (χ3n) is 10.3. The van der Waals surface area contributed by atoms with Gasteiger partial charge in [-0.25, -0.2) is 14.4 Å². The Labute approximate surface area is 369 Å². The second-order valence-electron chi connectivity index (χ2n) is 17.0. The molecule has 0 aliphatic carbocycles. The normalized spacial score (nSPS) is 11.9. The van der Waals surface area contributed by atoms with Crippen molar-refractivity contribution in [1.29, 1.82) is 0 Å². The molecule has 0 heterocycles. The van der Waals surface area contributed by atoms with Crippen LogP contribution in [0, 0.1) is 0 Å². The summed E-state index contributed by atoms with van der Waals surface area (Å²) in [5.41, 5.74) is 3.69. The van der Waals surface area contributed by atoms with Crippen molar-refractivity contribution < 1.29 is 60.5 Å². The predicted octanol–water partition coefficient (Wildman–Crippen LogP) is 11.6. The molecule has 0 saturated carbocycles. The molecule has 0 N–H and O–H groups in total. The SMILES string of the molecule is COC(=O)Oc1ccc(C(C)(C)c2ccc(OC(=O)Oc3ccc(CCC[Si](C)(C)O[Si](C)(C)O[Si](C)(C)CCCc4ccc(OC(=O)OC)c(OC)c4)c(OC)c3)cc2)cc1. The highest BCUT2D eigenvalue weighted by molar-refractivity contribution is 6.87. The van der Waals surface area contributed by atoms with E-state index in [1.165, 1.54) is 14.2 Å². The molecule has 0 atom stereocenters. The van der Waals surface area contributed by atoms with Gasteiger partial charge in [-0.2, -0.15) is 0 Å². The molecule has 0 spiro atoms. The van der Waals surface area contributed by atoms with Gasteiger partial charge in [0.15, 0.2) is 28.1 Å². The zero-order chi connectivity index (χ0) is 45.7. The summed E-state index contributed by atoms with van der Waals surface area (Å²) >= 11 is 0. The number of carbonyl (C=O) groups excluding carboxylic acids is 3. The van der Waals surface area contributed by atoms with Crippen molar-refractivity contribution in [2.75, 3.05) is 28.4 Å². The lowest BCUT2D eigenvalue weighted by Crippen LogP contribution is -2.52. The molecule has 336 valence electrons. The monoisotopic (exact) mass is 906 g/mol. The van der Waals surface area contributed by atoms with Crippen molar-refractivity contribution in [3.05, 3.63) is 107 Å². The molecule has 0 radical (unpaired) electrons. The summed E-state index contributed by atoms with van der Waals surface area (Å²) in [5, 5.41) is 0. The number of hydrogen-bond acceptors (Lipinski definition) is 13. The van der Waals surface area contributed by atoms with Gasteiger partial charge in [-0.1, -0.05) is 50.2 Å². The minimum Gasteiger partial charge on any atom is -0.496 e. The van der Waals surface area contributed by atoms with Crippen molar-refractivity contribution in [3.8, 4) is 34.5 Å². The van der Waals surface area contributed by atoms with E-state index in [1.807, 2.05) is 42.5 Å². The average Bonchev–Trinajstić information content (AvgIpc) is 3.20. The maximum absolute atomic E-state index is 12.8. The standard InChI is InChI=1S/C46H62O13Si3/c1-46(2,35-19-24-37(25-20-35)54-43(47)52-5)36-21-26-38(27-22-36)55-45(49)56-39-23-18-34(41(32-39)50-3)16-14-30-61(9,10)59-62(11,12)58-60(7,8)29-13-15-33-17-28-40(42(31-33)51-4)57-44(48)53-6/h17-28,31-32H,13-16,29-30H2,1-12H3. The van der Waals surface area contributed by atoms with Crippen molar-refractivity contribution >= 4 is 43.7 Å². The van der Waals surface area contributed by atoms with Gasteiger partial charge >= 0.3 is 27.0 Å². The molecule has 0 bridgehead atoms. The summed E-state index contributed by atoms with van der Waals surface area (Å²) in [6, 6.07) is 27.2. The van der Waals surface area contributed by atoms with Crippen LogP contribution in [0.2, 0.25) is 51.4 Å². The van der Waals surface area contributed by atoms with E-state index in [0.29, 0.717) is 34.5 Å². The molecule has 0 aliphatic rings. The molecule has 0 aliphatic heterocycles. The highest BCUT2D eigenvalue weighted by atomic mass is 28.5. The van der Waals surface area contributed by atoms with Crippen LogP contribution in [0.4, 0.5) is 14.4 Å². The first-order valence-electron chi connectivity index (χ1n) is 20.5. The summed E-state index contributed by atoms with van der Waals surface area (Å²) in [5.74, 6) is 2.46. The number of aryl methyl sites for hydroxylation is 2. The Bertz CT molecular complexity index is 2120. The highest BCUT2D eigenvalue weighted by Crippen LogP contribution is 2.35. The average molecular weight is 907 g/mol. The number of methoxy groups -OCH3 is 4. The third-order valence-corrected chi connectivity index (χ3v) is 21.8. The Morgan fingerprint density at radius 3 is 1.48 bits per heavy atom. The van der Waals surface area contributed by atoms with Gasteiger partial charge in [0.2, 0.25) is 0 Å². The van der Waals surface area contributed by atoms with Gasteiger partial charge in [0, 0.05) is 11.5 Å². The van der Waals surface area contributed by atoms with Gasteiger partial charge in [-0.3, -0.25) is 0 Å². The lowest BCUT2D eigenvalue weighted by Gasteiger charge is -2.39. The van der Waals surface area contributed by atoms with E-state index in [2.05, 4.69) is 62.6 Å². The Balaban J connectivity index is 1.24. The van der Waals surface area contributed by atoms with Gasteiger partial charge in [-0.15, -0.1) is 0 Å². The smallest absolute Gasteiger partial charge is 0.496 e. The van der Waals surface area contributed by atoms with Gasteiger partial charge in [0.1, 0.15) is 23.0 Å². The summed E-state index contributed by atoms with van der Waals surface area (Å²) in [6.07, 6.45) is 1.02. The second-order valence-corrected chi connectivity index (χ2v) is 29.5. The summed E-state index contributed by atoms with van der Waals surface area (Å²) in [7, 11) is -0.911. The van der Waals surface area contributed by atoms with Crippen molar-refractivity contribution in [3.63, 3.8) is 0 Å². The van der Waals surface area contributed by atoms with E-state index in [-0.39, 0.29) is 0 Å². The van der Waals surface area contributed by atoms with E-state index >= 15 is 0 Å². The highest BCUT2D eigenvalue weighted by Gasteiger charge is 2.39. The van der Waals surface area contributed by atoms with Crippen LogP contribution in [0.25, 0.3) is 0 Å². The minimum absolute atomic E-state index is 0.311. The fraction of sp³-hybridized carbons (Fsp3) is 0.413. The summed E-state index contributed by atoms with van der Waals surface area (Å²) < 4.78 is 55.3. The second kappa shape index (κ2) is 21.8. The molecule has 0 fully saturated rings. The molecule has 0 unspecified atom stereocenters. The van der Waals surface area contributed by atoms with Crippen LogP contribution < -0.4 is 28.4 Å². The molecule has 62 heavy (non-hydrogen) atoms. The van der Waals surface area contributed by atoms with Crippen LogP contribution in [0.5, 0.6) is 34.5 Å². The summed E-state index contributed by atoms with van der Waals surface area (Å²) in [4.78, 5) is 35.8. The van der Waals surface area contributed by atoms with E-state index in [0.717, 1.165) is 60.0 Å².